The molecule has 0 heterocycles. The molecular formula is C27H40N2O6S. The molecule has 1 N–H and O–H groups in total. The summed E-state index contributed by atoms with van der Waals surface area (Å²) in [5.41, 5.74) is -1.01. The van der Waals surface area contributed by atoms with E-state index in [0.29, 0.717) is 6.42 Å². The maximum absolute atomic E-state index is 13.4. The predicted octanol–water partition coefficient (Wildman–Crippen LogP) is 4.78. The summed E-state index contributed by atoms with van der Waals surface area (Å²) in [7, 11) is -4.17. The number of ether oxygens (including phenoxy) is 1. The number of benzene rings is 1. The standard InChI is InChI=1S/C27H40N2O6S/c1-26(2,3)29(25(32)35-27(4,5)6)36(33,34)20-14-12-18(13-15-20)21-16-22(21)23(30)17-28-24(31)19-10-8-7-9-11-19/h12-15,19,21-22H,7-11,16-17H2,1-6H3,(H,28,31)/t21-,22+/m0/s1. The summed E-state index contributed by atoms with van der Waals surface area (Å²) in [6.45, 7) is 9.99. The van der Waals surface area contributed by atoms with Gasteiger partial charge in [0.2, 0.25) is 5.91 Å². The van der Waals surface area contributed by atoms with Gasteiger partial charge in [0.25, 0.3) is 10.0 Å². The van der Waals surface area contributed by atoms with Crippen LogP contribution in [0, 0.1) is 11.8 Å². The molecule has 3 rings (SSSR count). The molecule has 0 aliphatic heterocycles. The van der Waals surface area contributed by atoms with Crippen molar-refractivity contribution >= 4 is 27.8 Å². The van der Waals surface area contributed by atoms with Gasteiger partial charge >= 0.3 is 6.09 Å². The van der Waals surface area contributed by atoms with Crippen molar-refractivity contribution in [2.24, 2.45) is 11.8 Å². The van der Waals surface area contributed by atoms with Crippen LogP contribution in [0.3, 0.4) is 0 Å². The van der Waals surface area contributed by atoms with Crippen LogP contribution in [0.1, 0.15) is 91.5 Å². The first-order chi connectivity index (χ1) is 16.6. The second kappa shape index (κ2) is 10.5. The van der Waals surface area contributed by atoms with Gasteiger partial charge in [-0.05, 0) is 84.4 Å². The zero-order chi connectivity index (χ0) is 26.9. The van der Waals surface area contributed by atoms with E-state index in [2.05, 4.69) is 5.32 Å². The highest BCUT2D eigenvalue weighted by Gasteiger charge is 2.44. The van der Waals surface area contributed by atoms with Crippen LogP contribution in [0.4, 0.5) is 4.79 Å². The Kier molecular flexibility index (Phi) is 8.23. The minimum absolute atomic E-state index is 0.00434. The number of nitrogens with zero attached hydrogens (tertiary/aromatic N) is 1. The highest BCUT2D eigenvalue weighted by molar-refractivity contribution is 7.89. The van der Waals surface area contributed by atoms with Crippen molar-refractivity contribution in [2.75, 3.05) is 6.54 Å². The van der Waals surface area contributed by atoms with Gasteiger partial charge in [0.1, 0.15) is 5.60 Å². The Morgan fingerprint density at radius 1 is 0.972 bits per heavy atom. The van der Waals surface area contributed by atoms with Gasteiger partial charge in [-0.3, -0.25) is 9.59 Å². The summed E-state index contributed by atoms with van der Waals surface area (Å²) >= 11 is 0. The normalized spacial score (nSPS) is 20.9. The Hall–Kier alpha value is -2.42. The molecule has 2 atom stereocenters. The number of rotatable bonds is 7. The molecule has 2 amide bonds. The average Bonchev–Trinajstić information content (AvgIpc) is 3.56. The van der Waals surface area contributed by atoms with E-state index in [9.17, 15) is 22.8 Å². The van der Waals surface area contributed by atoms with Crippen molar-refractivity contribution in [2.45, 2.75) is 102 Å². The Labute approximate surface area is 215 Å². The number of amides is 2. The smallest absolute Gasteiger partial charge is 0.424 e. The maximum Gasteiger partial charge on any atom is 0.424 e. The quantitative estimate of drug-likeness (QED) is 0.554. The zero-order valence-electron chi connectivity index (χ0n) is 22.3. The van der Waals surface area contributed by atoms with Crippen LogP contribution in [-0.2, 0) is 24.3 Å². The molecule has 0 aromatic heterocycles. The summed E-state index contributed by atoms with van der Waals surface area (Å²) in [5.74, 6) is -0.172. The summed E-state index contributed by atoms with van der Waals surface area (Å²) in [5, 5.41) is 2.81. The number of carbonyl (C=O) groups excluding carboxylic acids is 3. The van der Waals surface area contributed by atoms with Crippen molar-refractivity contribution in [1.29, 1.82) is 0 Å². The van der Waals surface area contributed by atoms with Gasteiger partial charge in [-0.2, -0.15) is 4.31 Å². The lowest BCUT2D eigenvalue weighted by Gasteiger charge is -2.35. The minimum atomic E-state index is -4.17. The zero-order valence-corrected chi connectivity index (χ0v) is 23.1. The molecule has 9 heteroatoms. The fourth-order valence-electron chi connectivity index (χ4n) is 4.76. The molecule has 2 aliphatic rings. The highest BCUT2D eigenvalue weighted by atomic mass is 32.2. The van der Waals surface area contributed by atoms with Gasteiger partial charge in [0, 0.05) is 11.8 Å². The second-order valence-electron chi connectivity index (χ2n) is 12.0. The van der Waals surface area contributed by atoms with Crippen LogP contribution in [0.25, 0.3) is 0 Å². The first-order valence-corrected chi connectivity index (χ1v) is 14.2. The summed E-state index contributed by atoms with van der Waals surface area (Å²) in [6, 6.07) is 6.33. The first-order valence-electron chi connectivity index (χ1n) is 12.8. The number of ketones is 1. The molecule has 0 saturated heterocycles. The van der Waals surface area contributed by atoms with E-state index < -0.39 is 27.3 Å². The third kappa shape index (κ3) is 6.87. The van der Waals surface area contributed by atoms with E-state index in [1.54, 1.807) is 53.7 Å². The molecule has 0 radical (unpaired) electrons. The van der Waals surface area contributed by atoms with Crippen LogP contribution in [-0.4, -0.2) is 48.2 Å². The van der Waals surface area contributed by atoms with E-state index in [1.807, 2.05) is 0 Å². The van der Waals surface area contributed by atoms with E-state index in [4.69, 9.17) is 4.74 Å². The van der Waals surface area contributed by atoms with Gasteiger partial charge in [-0.1, -0.05) is 31.4 Å². The highest BCUT2D eigenvalue weighted by Crippen LogP contribution is 2.48. The molecule has 1 aromatic carbocycles. The van der Waals surface area contributed by atoms with Crippen molar-refractivity contribution in [3.05, 3.63) is 29.8 Å². The number of carbonyl (C=O) groups is 3. The minimum Gasteiger partial charge on any atom is -0.443 e. The van der Waals surface area contributed by atoms with Crippen LogP contribution in [0.2, 0.25) is 0 Å². The van der Waals surface area contributed by atoms with E-state index in [-0.39, 0.29) is 40.9 Å². The molecule has 36 heavy (non-hydrogen) atoms. The third-order valence-corrected chi connectivity index (χ3v) is 8.68. The van der Waals surface area contributed by atoms with Gasteiger partial charge in [-0.15, -0.1) is 0 Å². The lowest BCUT2D eigenvalue weighted by Crippen LogP contribution is -2.51. The van der Waals surface area contributed by atoms with E-state index >= 15 is 0 Å². The molecule has 8 nitrogen and oxygen atoms in total. The summed E-state index contributed by atoms with van der Waals surface area (Å²) in [4.78, 5) is 37.7. The van der Waals surface area contributed by atoms with Gasteiger partial charge < -0.3 is 10.1 Å². The van der Waals surface area contributed by atoms with E-state index in [0.717, 1.165) is 35.6 Å². The van der Waals surface area contributed by atoms with Crippen LogP contribution in [0.15, 0.2) is 29.2 Å². The molecule has 1 aromatic rings. The Morgan fingerprint density at radius 3 is 2.08 bits per heavy atom. The van der Waals surface area contributed by atoms with Crippen molar-refractivity contribution in [3.63, 3.8) is 0 Å². The van der Waals surface area contributed by atoms with Crippen LogP contribution in [0.5, 0.6) is 0 Å². The molecule has 0 unspecified atom stereocenters. The van der Waals surface area contributed by atoms with Crippen molar-refractivity contribution in [1.82, 2.24) is 9.62 Å². The largest absolute Gasteiger partial charge is 0.443 e. The van der Waals surface area contributed by atoms with Crippen LogP contribution < -0.4 is 5.32 Å². The molecule has 0 spiro atoms. The topological polar surface area (TPSA) is 110 Å². The lowest BCUT2D eigenvalue weighted by atomic mass is 9.88. The van der Waals surface area contributed by atoms with Crippen molar-refractivity contribution < 1.29 is 27.5 Å². The Morgan fingerprint density at radius 2 is 1.56 bits per heavy atom. The Bertz CT molecular complexity index is 1080. The number of Topliss-reactive ketones (excluding diaryl/α,β-unsaturated/α-hetero) is 1. The second-order valence-corrected chi connectivity index (χ2v) is 13.7. The van der Waals surface area contributed by atoms with Crippen molar-refractivity contribution in [3.8, 4) is 0 Å². The average molecular weight is 521 g/mol. The molecule has 2 saturated carbocycles. The first kappa shape index (κ1) is 28.2. The van der Waals surface area contributed by atoms with Gasteiger partial charge in [0.05, 0.1) is 17.0 Å². The number of hydrogen-bond donors (Lipinski definition) is 1. The molecular weight excluding hydrogens is 480 g/mol. The number of hydrogen-bond acceptors (Lipinski definition) is 6. The fraction of sp³-hybridized carbons (Fsp3) is 0.667. The maximum atomic E-state index is 13.4. The third-order valence-electron chi connectivity index (χ3n) is 6.63. The fourth-order valence-corrected chi connectivity index (χ4v) is 6.41. The summed E-state index contributed by atoms with van der Waals surface area (Å²) in [6.07, 6.45) is 4.82. The SMILES string of the molecule is CC(C)(C)OC(=O)N(C(C)(C)C)S(=O)(=O)c1ccc([C@@H]2C[C@H]2C(=O)CNC(=O)C2CCCCC2)cc1. The number of nitrogens with one attached hydrogen (secondary N) is 1. The molecule has 2 fully saturated rings. The monoisotopic (exact) mass is 520 g/mol. The van der Waals surface area contributed by atoms with Crippen LogP contribution >= 0.6 is 0 Å². The lowest BCUT2D eigenvalue weighted by molar-refractivity contribution is -0.129. The van der Waals surface area contributed by atoms with Gasteiger partial charge in [0.15, 0.2) is 5.78 Å². The summed E-state index contributed by atoms with van der Waals surface area (Å²) < 4.78 is 32.9. The van der Waals surface area contributed by atoms with E-state index in [1.165, 1.54) is 18.6 Å². The molecule has 2 aliphatic carbocycles. The van der Waals surface area contributed by atoms with Gasteiger partial charge in [-0.25, -0.2) is 13.2 Å². The number of sulfonamides is 1. The molecule has 200 valence electrons. The predicted molar refractivity (Wildman–Crippen MR) is 137 cm³/mol. The molecule has 0 bridgehead atoms. The Balaban J connectivity index is 1.64.